The van der Waals surface area contributed by atoms with E-state index in [1.165, 1.54) is 7.05 Å². The Balaban J connectivity index is 3.24. The first kappa shape index (κ1) is 17.0. The average Bonchev–Trinajstić information content (AvgIpc) is 2.40. The lowest BCUT2D eigenvalue weighted by Gasteiger charge is -2.21. The van der Waals surface area contributed by atoms with E-state index in [9.17, 15) is 17.2 Å². The van der Waals surface area contributed by atoms with Crippen molar-refractivity contribution in [2.24, 2.45) is 5.92 Å². The molecule has 1 aromatic rings. The monoisotopic (exact) mass is 307 g/mol. The standard InChI is InChI=1S/C13H19F2NO3S/c1-4-9(2)7-16(3)20(18,19)12-6-10(8-17)5-11(14)13(12)15/h5-6,9,17H,4,7-8H2,1-3H3. The summed E-state index contributed by atoms with van der Waals surface area (Å²) in [5.74, 6) is -2.60. The van der Waals surface area contributed by atoms with Gasteiger partial charge in [-0.25, -0.2) is 21.5 Å². The van der Waals surface area contributed by atoms with Gasteiger partial charge in [0.05, 0.1) is 6.61 Å². The summed E-state index contributed by atoms with van der Waals surface area (Å²) in [6.45, 7) is 3.43. The molecule has 0 aliphatic rings. The van der Waals surface area contributed by atoms with Crippen LogP contribution in [0.15, 0.2) is 17.0 Å². The quantitative estimate of drug-likeness (QED) is 0.876. The topological polar surface area (TPSA) is 57.6 Å². The van der Waals surface area contributed by atoms with Gasteiger partial charge >= 0.3 is 0 Å². The summed E-state index contributed by atoms with van der Waals surface area (Å²) < 4.78 is 52.6. The molecule has 4 nitrogen and oxygen atoms in total. The molecule has 0 aliphatic heterocycles. The third-order valence-corrected chi connectivity index (χ3v) is 5.01. The summed E-state index contributed by atoms with van der Waals surface area (Å²) in [6, 6.07) is 1.74. The maximum Gasteiger partial charge on any atom is 0.245 e. The van der Waals surface area contributed by atoms with Crippen LogP contribution >= 0.6 is 0 Å². The molecule has 0 radical (unpaired) electrons. The molecule has 20 heavy (non-hydrogen) atoms. The van der Waals surface area contributed by atoms with Crippen molar-refractivity contribution in [3.63, 3.8) is 0 Å². The van der Waals surface area contributed by atoms with Crippen molar-refractivity contribution in [2.45, 2.75) is 31.8 Å². The van der Waals surface area contributed by atoms with Gasteiger partial charge in [-0.15, -0.1) is 0 Å². The first-order valence-electron chi connectivity index (χ1n) is 6.29. The Bertz CT molecular complexity index is 575. The van der Waals surface area contributed by atoms with Gasteiger partial charge in [-0.1, -0.05) is 20.3 Å². The normalized spacial score (nSPS) is 13.8. The van der Waals surface area contributed by atoms with Crippen LogP contribution in [0.25, 0.3) is 0 Å². The lowest BCUT2D eigenvalue weighted by atomic mass is 10.1. The Morgan fingerprint density at radius 1 is 1.35 bits per heavy atom. The molecule has 1 N–H and O–H groups in total. The van der Waals surface area contributed by atoms with Crippen molar-refractivity contribution in [3.8, 4) is 0 Å². The Morgan fingerprint density at radius 3 is 2.45 bits per heavy atom. The lowest BCUT2D eigenvalue weighted by Crippen LogP contribution is -2.31. The third kappa shape index (κ3) is 3.53. The number of hydrogen-bond donors (Lipinski definition) is 1. The highest BCUT2D eigenvalue weighted by Crippen LogP contribution is 2.23. The fraction of sp³-hybridized carbons (Fsp3) is 0.538. The lowest BCUT2D eigenvalue weighted by molar-refractivity contribution is 0.280. The number of rotatable bonds is 6. The summed E-state index contributed by atoms with van der Waals surface area (Å²) in [6.07, 6.45) is 0.771. The van der Waals surface area contributed by atoms with E-state index in [1.807, 2.05) is 13.8 Å². The SMILES string of the molecule is CCC(C)CN(C)S(=O)(=O)c1cc(CO)cc(F)c1F. The Labute approximate surface area is 118 Å². The van der Waals surface area contributed by atoms with E-state index in [0.29, 0.717) is 0 Å². The molecule has 0 bridgehead atoms. The Morgan fingerprint density at radius 2 is 1.95 bits per heavy atom. The van der Waals surface area contributed by atoms with Crippen LogP contribution in [0.4, 0.5) is 8.78 Å². The van der Waals surface area contributed by atoms with Gasteiger partial charge in [0.15, 0.2) is 11.6 Å². The predicted molar refractivity (Wildman–Crippen MR) is 71.6 cm³/mol. The number of sulfonamides is 1. The van der Waals surface area contributed by atoms with E-state index >= 15 is 0 Å². The summed E-state index contributed by atoms with van der Waals surface area (Å²) in [7, 11) is -2.80. The van der Waals surface area contributed by atoms with Crippen LogP contribution in [-0.4, -0.2) is 31.4 Å². The maximum atomic E-state index is 13.7. The Kier molecular flexibility index (Phi) is 5.61. The molecule has 1 rings (SSSR count). The van der Waals surface area contributed by atoms with E-state index in [2.05, 4.69) is 0 Å². The minimum absolute atomic E-state index is 0.0133. The molecule has 0 saturated heterocycles. The van der Waals surface area contributed by atoms with Gasteiger partial charge in [0.2, 0.25) is 10.0 Å². The second-order valence-corrected chi connectivity index (χ2v) is 6.86. The zero-order chi connectivity index (χ0) is 15.5. The molecular formula is C13H19F2NO3S. The second-order valence-electron chi connectivity index (χ2n) is 4.85. The molecule has 7 heteroatoms. The van der Waals surface area contributed by atoms with E-state index in [4.69, 9.17) is 5.11 Å². The van der Waals surface area contributed by atoms with Gasteiger partial charge in [0.25, 0.3) is 0 Å². The largest absolute Gasteiger partial charge is 0.392 e. The first-order valence-corrected chi connectivity index (χ1v) is 7.73. The molecule has 0 amide bonds. The van der Waals surface area contributed by atoms with Crippen molar-refractivity contribution < 1.29 is 22.3 Å². The zero-order valence-corrected chi connectivity index (χ0v) is 12.5. The molecule has 1 atom stereocenters. The highest BCUT2D eigenvalue weighted by Gasteiger charge is 2.27. The molecule has 0 saturated carbocycles. The van der Waals surface area contributed by atoms with Crippen LogP contribution in [0.5, 0.6) is 0 Å². The Hall–Kier alpha value is -1.05. The molecular weight excluding hydrogens is 288 g/mol. The first-order chi connectivity index (χ1) is 9.23. The van der Waals surface area contributed by atoms with E-state index in [0.717, 1.165) is 22.9 Å². The number of hydrogen-bond acceptors (Lipinski definition) is 3. The minimum atomic E-state index is -4.12. The number of aliphatic hydroxyl groups is 1. The van der Waals surface area contributed by atoms with Crippen molar-refractivity contribution in [1.82, 2.24) is 4.31 Å². The second kappa shape index (κ2) is 6.60. The van der Waals surface area contributed by atoms with Gasteiger partial charge in [-0.3, -0.25) is 0 Å². The molecule has 1 aromatic carbocycles. The highest BCUT2D eigenvalue weighted by molar-refractivity contribution is 7.89. The summed E-state index contributed by atoms with van der Waals surface area (Å²) in [5, 5.41) is 8.97. The van der Waals surface area contributed by atoms with Crippen LogP contribution in [0.1, 0.15) is 25.8 Å². The van der Waals surface area contributed by atoms with Crippen molar-refractivity contribution in [3.05, 3.63) is 29.3 Å². The predicted octanol–water partition coefficient (Wildman–Crippen LogP) is 2.12. The molecule has 0 aliphatic carbocycles. The van der Waals surface area contributed by atoms with E-state index < -0.39 is 33.2 Å². The minimum Gasteiger partial charge on any atom is -0.392 e. The van der Waals surface area contributed by atoms with E-state index in [-0.39, 0.29) is 18.0 Å². The van der Waals surface area contributed by atoms with Crippen molar-refractivity contribution in [2.75, 3.05) is 13.6 Å². The van der Waals surface area contributed by atoms with Crippen molar-refractivity contribution in [1.29, 1.82) is 0 Å². The van der Waals surface area contributed by atoms with Crippen LogP contribution in [0.2, 0.25) is 0 Å². The maximum absolute atomic E-state index is 13.7. The van der Waals surface area contributed by atoms with Gasteiger partial charge in [-0.05, 0) is 23.6 Å². The van der Waals surface area contributed by atoms with Gasteiger partial charge in [0, 0.05) is 13.6 Å². The van der Waals surface area contributed by atoms with Gasteiger partial charge in [-0.2, -0.15) is 0 Å². The fourth-order valence-electron chi connectivity index (χ4n) is 1.73. The molecule has 0 spiro atoms. The van der Waals surface area contributed by atoms with Crippen molar-refractivity contribution >= 4 is 10.0 Å². The summed E-state index contributed by atoms with van der Waals surface area (Å²) >= 11 is 0. The zero-order valence-electron chi connectivity index (χ0n) is 11.7. The van der Waals surface area contributed by atoms with Gasteiger partial charge < -0.3 is 5.11 Å². The number of nitrogens with zero attached hydrogens (tertiary/aromatic N) is 1. The molecule has 0 heterocycles. The molecule has 1 unspecified atom stereocenters. The van der Waals surface area contributed by atoms with Crippen LogP contribution < -0.4 is 0 Å². The summed E-state index contributed by atoms with van der Waals surface area (Å²) in [5.41, 5.74) is 0.0133. The van der Waals surface area contributed by atoms with Crippen LogP contribution in [-0.2, 0) is 16.6 Å². The highest BCUT2D eigenvalue weighted by atomic mass is 32.2. The van der Waals surface area contributed by atoms with Crippen LogP contribution in [0.3, 0.4) is 0 Å². The fourth-order valence-corrected chi connectivity index (χ4v) is 3.14. The number of aliphatic hydroxyl groups excluding tert-OH is 1. The third-order valence-electron chi connectivity index (χ3n) is 3.19. The van der Waals surface area contributed by atoms with Crippen LogP contribution in [0, 0.1) is 17.6 Å². The summed E-state index contributed by atoms with van der Waals surface area (Å²) in [4.78, 5) is -0.743. The number of benzene rings is 1. The van der Waals surface area contributed by atoms with Gasteiger partial charge in [0.1, 0.15) is 4.90 Å². The smallest absolute Gasteiger partial charge is 0.245 e. The molecule has 0 aromatic heterocycles. The average molecular weight is 307 g/mol. The molecule has 114 valence electrons. The van der Waals surface area contributed by atoms with E-state index in [1.54, 1.807) is 0 Å². The molecule has 0 fully saturated rings. The number of halogens is 2.